The van der Waals surface area contributed by atoms with E-state index < -0.39 is 6.17 Å². The number of hydrogen-bond donors (Lipinski definition) is 1. The molecule has 56 valence electrons. The standard InChI is InChI=1S/C5H9FN4/c1-10-5(4(6)2-7)8-3-9-10/h3-4H,2,7H2,1H3. The highest BCUT2D eigenvalue weighted by Gasteiger charge is 2.11. The Bertz CT molecular complexity index is 209. The van der Waals surface area contributed by atoms with E-state index in [1.54, 1.807) is 7.05 Å². The molecule has 0 saturated carbocycles. The monoisotopic (exact) mass is 144 g/mol. The molecule has 1 rings (SSSR count). The lowest BCUT2D eigenvalue weighted by Crippen LogP contribution is -2.12. The van der Waals surface area contributed by atoms with Crippen molar-refractivity contribution >= 4 is 0 Å². The van der Waals surface area contributed by atoms with Gasteiger partial charge in [-0.2, -0.15) is 5.10 Å². The second kappa shape index (κ2) is 2.74. The zero-order valence-electron chi connectivity index (χ0n) is 5.66. The molecule has 0 aliphatic carbocycles. The van der Waals surface area contributed by atoms with Gasteiger partial charge >= 0.3 is 0 Å². The van der Waals surface area contributed by atoms with Gasteiger partial charge in [-0.1, -0.05) is 0 Å². The molecule has 1 heterocycles. The third kappa shape index (κ3) is 1.13. The van der Waals surface area contributed by atoms with Crippen molar-refractivity contribution < 1.29 is 4.39 Å². The van der Waals surface area contributed by atoms with E-state index in [-0.39, 0.29) is 12.4 Å². The summed E-state index contributed by atoms with van der Waals surface area (Å²) >= 11 is 0. The minimum absolute atomic E-state index is 0.0491. The first kappa shape index (κ1) is 7.14. The number of nitrogens with zero attached hydrogens (tertiary/aromatic N) is 3. The van der Waals surface area contributed by atoms with Gasteiger partial charge in [0.25, 0.3) is 0 Å². The number of nitrogens with two attached hydrogens (primary N) is 1. The van der Waals surface area contributed by atoms with E-state index in [1.165, 1.54) is 11.0 Å². The van der Waals surface area contributed by atoms with Gasteiger partial charge in [-0.25, -0.2) is 9.37 Å². The Labute approximate surface area is 57.9 Å². The van der Waals surface area contributed by atoms with Crippen LogP contribution in [0.4, 0.5) is 4.39 Å². The van der Waals surface area contributed by atoms with Gasteiger partial charge in [0.05, 0.1) is 0 Å². The molecule has 0 radical (unpaired) electrons. The van der Waals surface area contributed by atoms with Crippen LogP contribution in [0.2, 0.25) is 0 Å². The van der Waals surface area contributed by atoms with Crippen LogP contribution in [0, 0.1) is 0 Å². The normalized spacial score (nSPS) is 13.5. The molecule has 0 spiro atoms. The Morgan fingerprint density at radius 3 is 3.00 bits per heavy atom. The van der Waals surface area contributed by atoms with Crippen LogP contribution in [0.3, 0.4) is 0 Å². The van der Waals surface area contributed by atoms with E-state index in [0.29, 0.717) is 0 Å². The average Bonchev–Trinajstić information content (AvgIpc) is 2.34. The largest absolute Gasteiger partial charge is 0.327 e. The Morgan fingerprint density at radius 2 is 2.60 bits per heavy atom. The van der Waals surface area contributed by atoms with Gasteiger partial charge in [0, 0.05) is 13.6 Å². The first-order valence-electron chi connectivity index (χ1n) is 2.93. The molecule has 1 aromatic heterocycles. The fourth-order valence-electron chi connectivity index (χ4n) is 0.694. The molecule has 1 aromatic rings. The summed E-state index contributed by atoms with van der Waals surface area (Å²) < 4.78 is 14.1. The summed E-state index contributed by atoms with van der Waals surface area (Å²) in [6.07, 6.45) is 0.102. The van der Waals surface area contributed by atoms with Crippen LogP contribution in [-0.4, -0.2) is 21.3 Å². The van der Waals surface area contributed by atoms with Crippen LogP contribution >= 0.6 is 0 Å². The minimum Gasteiger partial charge on any atom is -0.327 e. The van der Waals surface area contributed by atoms with Crippen molar-refractivity contribution in [2.45, 2.75) is 6.17 Å². The topological polar surface area (TPSA) is 56.7 Å². The molecular weight excluding hydrogens is 135 g/mol. The Hall–Kier alpha value is -0.970. The SMILES string of the molecule is Cn1ncnc1C(F)CN. The molecule has 10 heavy (non-hydrogen) atoms. The van der Waals surface area contributed by atoms with Gasteiger partial charge in [-0.15, -0.1) is 0 Å². The Balaban J connectivity index is 2.82. The van der Waals surface area contributed by atoms with Crippen LogP contribution in [0.1, 0.15) is 12.0 Å². The molecule has 0 bridgehead atoms. The predicted molar refractivity (Wildman–Crippen MR) is 33.9 cm³/mol. The molecule has 2 N–H and O–H groups in total. The van der Waals surface area contributed by atoms with E-state index in [2.05, 4.69) is 10.1 Å². The number of alkyl halides is 1. The smallest absolute Gasteiger partial charge is 0.171 e. The molecule has 5 heteroatoms. The average molecular weight is 144 g/mol. The second-order valence-corrected chi connectivity index (χ2v) is 1.95. The molecule has 0 aromatic carbocycles. The van der Waals surface area contributed by atoms with Crippen LogP contribution in [-0.2, 0) is 7.05 Å². The highest BCUT2D eigenvalue weighted by atomic mass is 19.1. The molecule has 0 amide bonds. The van der Waals surface area contributed by atoms with Crippen molar-refractivity contribution in [3.8, 4) is 0 Å². The summed E-state index contributed by atoms with van der Waals surface area (Å²) in [6, 6.07) is 0. The lowest BCUT2D eigenvalue weighted by atomic mass is 10.4. The molecule has 0 aliphatic heterocycles. The first-order chi connectivity index (χ1) is 4.75. The molecule has 0 fully saturated rings. The van der Waals surface area contributed by atoms with Gasteiger partial charge < -0.3 is 5.73 Å². The molecule has 4 nitrogen and oxygen atoms in total. The van der Waals surface area contributed by atoms with Crippen LogP contribution in [0.15, 0.2) is 6.33 Å². The van der Waals surface area contributed by atoms with Crippen LogP contribution in [0.25, 0.3) is 0 Å². The van der Waals surface area contributed by atoms with Crippen molar-refractivity contribution in [2.75, 3.05) is 6.54 Å². The van der Waals surface area contributed by atoms with Gasteiger partial charge in [0.2, 0.25) is 0 Å². The maximum absolute atomic E-state index is 12.7. The summed E-state index contributed by atoms with van der Waals surface area (Å²) in [6.45, 7) is -0.0491. The minimum atomic E-state index is -1.20. The predicted octanol–water partition coefficient (Wildman–Crippen LogP) is -0.216. The third-order valence-electron chi connectivity index (χ3n) is 1.23. The van der Waals surface area contributed by atoms with E-state index >= 15 is 0 Å². The Kier molecular flexibility index (Phi) is 1.96. The number of hydrogen-bond acceptors (Lipinski definition) is 3. The Morgan fingerprint density at radius 1 is 1.90 bits per heavy atom. The van der Waals surface area contributed by atoms with E-state index in [9.17, 15) is 4.39 Å². The van der Waals surface area contributed by atoms with Gasteiger partial charge in [0.1, 0.15) is 6.33 Å². The van der Waals surface area contributed by atoms with E-state index in [1.807, 2.05) is 0 Å². The summed E-state index contributed by atoms with van der Waals surface area (Å²) in [5.41, 5.74) is 5.08. The van der Waals surface area contributed by atoms with Gasteiger partial charge in [-0.05, 0) is 0 Å². The van der Waals surface area contributed by atoms with Crippen LogP contribution in [0.5, 0.6) is 0 Å². The summed E-state index contributed by atoms with van der Waals surface area (Å²) in [5.74, 6) is 0.280. The molecule has 1 atom stereocenters. The van der Waals surface area contributed by atoms with Crippen molar-refractivity contribution in [1.29, 1.82) is 0 Å². The quantitative estimate of drug-likeness (QED) is 0.624. The zero-order valence-corrected chi connectivity index (χ0v) is 5.66. The molecule has 0 saturated heterocycles. The number of rotatable bonds is 2. The highest BCUT2D eigenvalue weighted by molar-refractivity contribution is 4.89. The van der Waals surface area contributed by atoms with E-state index in [4.69, 9.17) is 5.73 Å². The second-order valence-electron chi connectivity index (χ2n) is 1.95. The zero-order chi connectivity index (χ0) is 7.56. The van der Waals surface area contributed by atoms with Crippen molar-refractivity contribution in [2.24, 2.45) is 12.8 Å². The number of aryl methyl sites for hydroxylation is 1. The van der Waals surface area contributed by atoms with Crippen molar-refractivity contribution in [3.05, 3.63) is 12.2 Å². The maximum Gasteiger partial charge on any atom is 0.171 e. The fourth-order valence-corrected chi connectivity index (χ4v) is 0.694. The summed E-state index contributed by atoms with van der Waals surface area (Å²) in [4.78, 5) is 3.68. The number of halogens is 1. The number of aromatic nitrogens is 3. The molecular formula is C5H9FN4. The van der Waals surface area contributed by atoms with Crippen LogP contribution < -0.4 is 5.73 Å². The highest BCUT2D eigenvalue weighted by Crippen LogP contribution is 2.09. The summed E-state index contributed by atoms with van der Waals surface area (Å²) in [7, 11) is 1.63. The first-order valence-corrected chi connectivity index (χ1v) is 2.93. The molecule has 0 aliphatic rings. The lowest BCUT2D eigenvalue weighted by molar-refractivity contribution is 0.326. The van der Waals surface area contributed by atoms with E-state index in [0.717, 1.165) is 0 Å². The van der Waals surface area contributed by atoms with Gasteiger partial charge in [-0.3, -0.25) is 4.68 Å². The lowest BCUT2D eigenvalue weighted by Gasteiger charge is -2.01. The summed E-state index contributed by atoms with van der Waals surface area (Å²) in [5, 5.41) is 3.70. The van der Waals surface area contributed by atoms with Crippen molar-refractivity contribution in [1.82, 2.24) is 14.8 Å². The molecule has 1 unspecified atom stereocenters. The third-order valence-corrected chi connectivity index (χ3v) is 1.23. The fraction of sp³-hybridized carbons (Fsp3) is 0.600. The van der Waals surface area contributed by atoms with Gasteiger partial charge in [0.15, 0.2) is 12.0 Å². The van der Waals surface area contributed by atoms with Crippen molar-refractivity contribution in [3.63, 3.8) is 0 Å². The maximum atomic E-state index is 12.7.